The highest BCUT2D eigenvalue weighted by Gasteiger charge is 2.12. The Hall–Kier alpha value is -2.57. The van der Waals surface area contributed by atoms with E-state index in [0.29, 0.717) is 26.8 Å². The number of carbonyl (C=O) groups excluding carboxylic acids is 2. The summed E-state index contributed by atoms with van der Waals surface area (Å²) in [4.78, 5) is 30.8. The number of benzene rings is 2. The number of fused-ring (bicyclic) bond motifs is 1. The van der Waals surface area contributed by atoms with E-state index in [0.717, 1.165) is 5.52 Å². The second kappa shape index (κ2) is 6.90. The van der Waals surface area contributed by atoms with Gasteiger partial charge >= 0.3 is 5.97 Å². The molecule has 1 aromatic heterocycles. The predicted octanol–water partition coefficient (Wildman–Crippen LogP) is 3.67. The van der Waals surface area contributed by atoms with Gasteiger partial charge in [0.05, 0.1) is 33.6 Å². The van der Waals surface area contributed by atoms with E-state index >= 15 is 0 Å². The van der Waals surface area contributed by atoms with Gasteiger partial charge in [-0.3, -0.25) is 4.79 Å². The average Bonchev–Trinajstić information content (AvgIpc) is 3.03. The standard InChI is InChI=1S/C16H11Cl2N3O3/c17-10-2-3-11(18)13(6-10)21-15(22)7-24-16(23)9-1-4-12-14(5-9)20-8-19-12/h1-6,8H,7H2,(H,19,20)(H,21,22). The fourth-order valence-corrected chi connectivity index (χ4v) is 2.39. The molecule has 0 aliphatic carbocycles. The highest BCUT2D eigenvalue weighted by Crippen LogP contribution is 2.25. The zero-order valence-corrected chi connectivity index (χ0v) is 13.7. The minimum absolute atomic E-state index is 0.320. The fourth-order valence-electron chi connectivity index (χ4n) is 2.06. The third-order valence-electron chi connectivity index (χ3n) is 3.19. The van der Waals surface area contributed by atoms with Crippen molar-refractivity contribution in [2.75, 3.05) is 11.9 Å². The van der Waals surface area contributed by atoms with Crippen molar-refractivity contribution in [3.63, 3.8) is 0 Å². The number of hydrogen-bond donors (Lipinski definition) is 2. The maximum atomic E-state index is 12.0. The van der Waals surface area contributed by atoms with E-state index in [1.54, 1.807) is 30.3 Å². The highest BCUT2D eigenvalue weighted by atomic mass is 35.5. The van der Waals surface area contributed by atoms with Gasteiger partial charge in [-0.15, -0.1) is 0 Å². The first-order valence-corrected chi connectivity index (χ1v) is 7.64. The van der Waals surface area contributed by atoms with Crippen LogP contribution in [0, 0.1) is 0 Å². The van der Waals surface area contributed by atoms with Gasteiger partial charge in [0, 0.05) is 5.02 Å². The Labute approximate surface area is 146 Å². The Morgan fingerprint density at radius 3 is 2.83 bits per heavy atom. The topological polar surface area (TPSA) is 84.1 Å². The van der Waals surface area contributed by atoms with Gasteiger partial charge in [0.25, 0.3) is 5.91 Å². The Balaban J connectivity index is 1.61. The van der Waals surface area contributed by atoms with Crippen LogP contribution in [0.5, 0.6) is 0 Å². The first-order valence-electron chi connectivity index (χ1n) is 6.88. The summed E-state index contributed by atoms with van der Waals surface area (Å²) in [5, 5.41) is 3.30. The number of amides is 1. The molecular formula is C16H11Cl2N3O3. The van der Waals surface area contributed by atoms with Gasteiger partial charge < -0.3 is 15.0 Å². The number of hydrogen-bond acceptors (Lipinski definition) is 4. The quantitative estimate of drug-likeness (QED) is 0.692. The third kappa shape index (κ3) is 3.67. The molecule has 0 saturated carbocycles. The zero-order chi connectivity index (χ0) is 17.1. The number of aromatic amines is 1. The van der Waals surface area contributed by atoms with E-state index in [1.165, 1.54) is 12.4 Å². The lowest BCUT2D eigenvalue weighted by molar-refractivity contribution is -0.119. The van der Waals surface area contributed by atoms with Crippen molar-refractivity contribution in [3.8, 4) is 0 Å². The number of ether oxygens (including phenoxy) is 1. The van der Waals surface area contributed by atoms with Crippen LogP contribution >= 0.6 is 23.2 Å². The number of nitrogens with one attached hydrogen (secondary N) is 2. The van der Waals surface area contributed by atoms with E-state index < -0.39 is 18.5 Å². The van der Waals surface area contributed by atoms with Gasteiger partial charge in [-0.1, -0.05) is 23.2 Å². The first kappa shape index (κ1) is 16.3. The molecule has 0 aliphatic heterocycles. The molecule has 0 unspecified atom stereocenters. The molecule has 3 rings (SSSR count). The second-order valence-corrected chi connectivity index (χ2v) is 5.73. The lowest BCUT2D eigenvalue weighted by atomic mass is 10.2. The Bertz CT molecular complexity index is 924. The Morgan fingerprint density at radius 2 is 2.00 bits per heavy atom. The predicted molar refractivity (Wildman–Crippen MR) is 91.5 cm³/mol. The molecule has 0 bridgehead atoms. The van der Waals surface area contributed by atoms with Crippen LogP contribution in [0.1, 0.15) is 10.4 Å². The molecule has 0 aliphatic rings. The molecule has 2 N–H and O–H groups in total. The molecule has 0 atom stereocenters. The van der Waals surface area contributed by atoms with Crippen LogP contribution in [-0.4, -0.2) is 28.5 Å². The molecule has 0 saturated heterocycles. The number of H-pyrrole nitrogens is 1. The van der Waals surface area contributed by atoms with E-state index in [-0.39, 0.29) is 0 Å². The summed E-state index contributed by atoms with van der Waals surface area (Å²) in [7, 11) is 0. The minimum atomic E-state index is -0.612. The van der Waals surface area contributed by atoms with Gasteiger partial charge in [0.2, 0.25) is 0 Å². The Kier molecular flexibility index (Phi) is 4.69. The van der Waals surface area contributed by atoms with E-state index in [1.807, 2.05) is 0 Å². The minimum Gasteiger partial charge on any atom is -0.452 e. The first-order chi connectivity index (χ1) is 11.5. The second-order valence-electron chi connectivity index (χ2n) is 4.88. The van der Waals surface area contributed by atoms with Crippen molar-refractivity contribution in [2.24, 2.45) is 0 Å². The molecule has 0 fully saturated rings. The van der Waals surface area contributed by atoms with Crippen molar-refractivity contribution in [1.82, 2.24) is 9.97 Å². The molecule has 2 aromatic carbocycles. The summed E-state index contributed by atoms with van der Waals surface area (Å²) >= 11 is 11.8. The number of nitrogens with zero attached hydrogens (tertiary/aromatic N) is 1. The van der Waals surface area contributed by atoms with Crippen molar-refractivity contribution in [3.05, 3.63) is 58.3 Å². The molecule has 122 valence electrons. The summed E-state index contributed by atoms with van der Waals surface area (Å²) in [6.07, 6.45) is 1.53. The van der Waals surface area contributed by atoms with Crippen LogP contribution in [0.4, 0.5) is 5.69 Å². The van der Waals surface area contributed by atoms with Crippen LogP contribution < -0.4 is 5.32 Å². The SMILES string of the molecule is O=C(COC(=O)c1ccc2nc[nH]c2c1)Nc1cc(Cl)ccc1Cl. The number of rotatable bonds is 4. The van der Waals surface area contributed by atoms with Gasteiger partial charge in [-0.25, -0.2) is 9.78 Å². The van der Waals surface area contributed by atoms with Gasteiger partial charge in [0.1, 0.15) is 0 Å². The monoisotopic (exact) mass is 363 g/mol. The van der Waals surface area contributed by atoms with Crippen LogP contribution in [0.3, 0.4) is 0 Å². The van der Waals surface area contributed by atoms with Gasteiger partial charge in [0.15, 0.2) is 6.61 Å². The molecule has 24 heavy (non-hydrogen) atoms. The normalized spacial score (nSPS) is 10.6. The van der Waals surface area contributed by atoms with Gasteiger partial charge in [-0.05, 0) is 36.4 Å². The number of esters is 1. The van der Waals surface area contributed by atoms with Crippen molar-refractivity contribution >= 4 is 51.8 Å². The number of anilines is 1. The van der Waals surface area contributed by atoms with Crippen LogP contribution in [0.25, 0.3) is 11.0 Å². The molecule has 1 amide bonds. The molecule has 8 heteroatoms. The molecule has 0 spiro atoms. The van der Waals surface area contributed by atoms with E-state index in [4.69, 9.17) is 27.9 Å². The van der Waals surface area contributed by atoms with E-state index in [9.17, 15) is 9.59 Å². The highest BCUT2D eigenvalue weighted by molar-refractivity contribution is 6.35. The van der Waals surface area contributed by atoms with E-state index in [2.05, 4.69) is 15.3 Å². The number of aromatic nitrogens is 2. The average molecular weight is 364 g/mol. The van der Waals surface area contributed by atoms with Crippen LogP contribution in [0.15, 0.2) is 42.7 Å². The number of carbonyl (C=O) groups is 2. The maximum absolute atomic E-state index is 12.0. The van der Waals surface area contributed by atoms with Crippen molar-refractivity contribution in [2.45, 2.75) is 0 Å². The third-order valence-corrected chi connectivity index (χ3v) is 3.76. The zero-order valence-electron chi connectivity index (χ0n) is 12.2. The van der Waals surface area contributed by atoms with Crippen molar-refractivity contribution in [1.29, 1.82) is 0 Å². The Morgan fingerprint density at radius 1 is 1.17 bits per heavy atom. The smallest absolute Gasteiger partial charge is 0.338 e. The molecule has 1 heterocycles. The molecule has 0 radical (unpaired) electrons. The summed E-state index contributed by atoms with van der Waals surface area (Å²) in [6.45, 7) is -0.442. The number of halogens is 2. The van der Waals surface area contributed by atoms with Crippen molar-refractivity contribution < 1.29 is 14.3 Å². The molecular weight excluding hydrogens is 353 g/mol. The lowest BCUT2D eigenvalue weighted by Gasteiger charge is -2.08. The summed E-state index contributed by atoms with van der Waals surface area (Å²) in [6, 6.07) is 9.55. The summed E-state index contributed by atoms with van der Waals surface area (Å²) in [5.74, 6) is -1.13. The largest absolute Gasteiger partial charge is 0.452 e. The molecule has 3 aromatic rings. The fraction of sp³-hybridized carbons (Fsp3) is 0.0625. The lowest BCUT2D eigenvalue weighted by Crippen LogP contribution is -2.21. The number of imidazole rings is 1. The summed E-state index contributed by atoms with van der Waals surface area (Å²) in [5.41, 5.74) is 2.11. The van der Waals surface area contributed by atoms with Crippen LogP contribution in [-0.2, 0) is 9.53 Å². The molecule has 6 nitrogen and oxygen atoms in total. The summed E-state index contributed by atoms with van der Waals surface area (Å²) < 4.78 is 5.00. The van der Waals surface area contributed by atoms with Crippen LogP contribution in [0.2, 0.25) is 10.0 Å². The maximum Gasteiger partial charge on any atom is 0.338 e. The van der Waals surface area contributed by atoms with Gasteiger partial charge in [-0.2, -0.15) is 0 Å².